The average Bonchev–Trinajstić information content (AvgIpc) is 3.09. The fourth-order valence-corrected chi connectivity index (χ4v) is 1.90. The van der Waals surface area contributed by atoms with Crippen LogP contribution in [-0.4, -0.2) is 15.0 Å². The molecule has 0 fully saturated rings. The zero-order valence-electron chi connectivity index (χ0n) is 9.85. The molecule has 0 saturated carbocycles. The predicted molar refractivity (Wildman–Crippen MR) is 71.7 cm³/mol. The van der Waals surface area contributed by atoms with E-state index in [2.05, 4.69) is 15.0 Å². The van der Waals surface area contributed by atoms with Crippen LogP contribution in [0.1, 0.15) is 5.56 Å². The van der Waals surface area contributed by atoms with Gasteiger partial charge in [-0.2, -0.15) is 0 Å². The van der Waals surface area contributed by atoms with Crippen LogP contribution in [-0.2, 0) is 6.54 Å². The standard InChI is InChI=1S/C14H14N4/c15-7-10-1-3-11(4-2-10)14-17-9-13(18-14)12-5-6-16-8-12/h1-6,8-9,16H,7,15H2,(H,17,18). The van der Waals surface area contributed by atoms with Crippen LogP contribution in [0.3, 0.4) is 0 Å². The van der Waals surface area contributed by atoms with Crippen molar-refractivity contribution in [2.45, 2.75) is 6.54 Å². The number of nitrogens with one attached hydrogen (secondary N) is 2. The zero-order valence-corrected chi connectivity index (χ0v) is 9.85. The van der Waals surface area contributed by atoms with Crippen LogP contribution in [0.4, 0.5) is 0 Å². The van der Waals surface area contributed by atoms with Gasteiger partial charge in [0.05, 0.1) is 11.9 Å². The van der Waals surface area contributed by atoms with Crippen LogP contribution < -0.4 is 5.73 Å². The summed E-state index contributed by atoms with van der Waals surface area (Å²) < 4.78 is 0. The maximum atomic E-state index is 5.58. The fourth-order valence-electron chi connectivity index (χ4n) is 1.90. The van der Waals surface area contributed by atoms with Gasteiger partial charge in [0, 0.05) is 30.1 Å². The Labute approximate surface area is 105 Å². The van der Waals surface area contributed by atoms with E-state index in [1.165, 1.54) is 0 Å². The van der Waals surface area contributed by atoms with Gasteiger partial charge in [-0.15, -0.1) is 0 Å². The third-order valence-electron chi connectivity index (χ3n) is 2.95. The van der Waals surface area contributed by atoms with E-state index in [1.807, 2.05) is 48.9 Å². The Kier molecular flexibility index (Phi) is 2.70. The van der Waals surface area contributed by atoms with Crippen LogP contribution in [0, 0.1) is 0 Å². The van der Waals surface area contributed by atoms with Gasteiger partial charge in [-0.1, -0.05) is 24.3 Å². The maximum Gasteiger partial charge on any atom is 0.137 e. The molecule has 4 nitrogen and oxygen atoms in total. The second-order valence-corrected chi connectivity index (χ2v) is 4.15. The summed E-state index contributed by atoms with van der Waals surface area (Å²) in [4.78, 5) is 10.7. The van der Waals surface area contributed by atoms with Crippen LogP contribution in [0.25, 0.3) is 22.6 Å². The molecule has 1 aromatic carbocycles. The number of benzene rings is 1. The van der Waals surface area contributed by atoms with Crippen molar-refractivity contribution in [3.8, 4) is 22.6 Å². The Balaban J connectivity index is 1.92. The lowest BCUT2D eigenvalue weighted by atomic mass is 10.1. The van der Waals surface area contributed by atoms with Crippen molar-refractivity contribution in [2.75, 3.05) is 0 Å². The van der Waals surface area contributed by atoms with E-state index in [0.717, 1.165) is 28.2 Å². The number of nitrogens with two attached hydrogens (primary N) is 1. The van der Waals surface area contributed by atoms with E-state index >= 15 is 0 Å². The van der Waals surface area contributed by atoms with Crippen molar-refractivity contribution in [2.24, 2.45) is 5.73 Å². The first-order chi connectivity index (χ1) is 8.86. The highest BCUT2D eigenvalue weighted by atomic mass is 14.9. The number of aromatic amines is 2. The van der Waals surface area contributed by atoms with Crippen LogP contribution in [0.5, 0.6) is 0 Å². The molecule has 0 unspecified atom stereocenters. The van der Waals surface area contributed by atoms with E-state index < -0.39 is 0 Å². The number of nitrogens with zero attached hydrogens (tertiary/aromatic N) is 1. The monoisotopic (exact) mass is 238 g/mol. The van der Waals surface area contributed by atoms with Crippen molar-refractivity contribution in [1.82, 2.24) is 15.0 Å². The lowest BCUT2D eigenvalue weighted by Gasteiger charge is -1.99. The van der Waals surface area contributed by atoms with Gasteiger partial charge in [-0.25, -0.2) is 4.98 Å². The number of hydrogen-bond donors (Lipinski definition) is 3. The molecular formula is C14H14N4. The summed E-state index contributed by atoms with van der Waals surface area (Å²) in [6, 6.07) is 10.1. The molecule has 3 aromatic rings. The number of H-pyrrole nitrogens is 2. The van der Waals surface area contributed by atoms with Crippen LogP contribution in [0.15, 0.2) is 48.9 Å². The molecule has 2 aromatic heterocycles. The van der Waals surface area contributed by atoms with Crippen molar-refractivity contribution >= 4 is 0 Å². The molecule has 18 heavy (non-hydrogen) atoms. The molecule has 0 aliphatic rings. The summed E-state index contributed by atoms with van der Waals surface area (Å²) >= 11 is 0. The number of hydrogen-bond acceptors (Lipinski definition) is 2. The largest absolute Gasteiger partial charge is 0.367 e. The van der Waals surface area contributed by atoms with Gasteiger partial charge in [0.1, 0.15) is 5.82 Å². The molecule has 3 rings (SSSR count). The molecule has 0 radical (unpaired) electrons. The lowest BCUT2D eigenvalue weighted by molar-refractivity contribution is 1.07. The van der Waals surface area contributed by atoms with E-state index in [9.17, 15) is 0 Å². The summed E-state index contributed by atoms with van der Waals surface area (Å²) in [5, 5.41) is 0. The molecule has 4 N–H and O–H groups in total. The summed E-state index contributed by atoms with van der Waals surface area (Å²) in [7, 11) is 0. The second-order valence-electron chi connectivity index (χ2n) is 4.15. The molecule has 0 amide bonds. The molecular weight excluding hydrogens is 224 g/mol. The smallest absolute Gasteiger partial charge is 0.137 e. The minimum atomic E-state index is 0.563. The maximum absolute atomic E-state index is 5.58. The first-order valence-corrected chi connectivity index (χ1v) is 5.84. The Morgan fingerprint density at radius 1 is 1.06 bits per heavy atom. The Bertz CT molecular complexity index is 620. The number of imidazole rings is 1. The summed E-state index contributed by atoms with van der Waals surface area (Å²) in [6.45, 7) is 0.563. The Hall–Kier alpha value is -2.33. The number of aromatic nitrogens is 3. The second kappa shape index (κ2) is 4.50. The van der Waals surface area contributed by atoms with Gasteiger partial charge in [0.25, 0.3) is 0 Å². The highest BCUT2D eigenvalue weighted by Crippen LogP contribution is 2.21. The molecule has 0 bridgehead atoms. The summed E-state index contributed by atoms with van der Waals surface area (Å²) in [5.41, 5.74) is 9.88. The number of rotatable bonds is 3. The quantitative estimate of drug-likeness (QED) is 0.656. The first-order valence-electron chi connectivity index (χ1n) is 5.84. The van der Waals surface area contributed by atoms with Gasteiger partial charge < -0.3 is 15.7 Å². The van der Waals surface area contributed by atoms with Crippen LogP contribution >= 0.6 is 0 Å². The summed E-state index contributed by atoms with van der Waals surface area (Å²) in [6.07, 6.45) is 5.68. The van der Waals surface area contributed by atoms with Crippen molar-refractivity contribution in [3.05, 3.63) is 54.5 Å². The van der Waals surface area contributed by atoms with Crippen molar-refractivity contribution < 1.29 is 0 Å². The molecule has 0 atom stereocenters. The minimum Gasteiger partial charge on any atom is -0.367 e. The van der Waals surface area contributed by atoms with Crippen molar-refractivity contribution in [3.63, 3.8) is 0 Å². The average molecular weight is 238 g/mol. The summed E-state index contributed by atoms with van der Waals surface area (Å²) in [5.74, 6) is 0.870. The first kappa shape index (κ1) is 10.8. The third-order valence-corrected chi connectivity index (χ3v) is 2.95. The van der Waals surface area contributed by atoms with E-state index in [-0.39, 0.29) is 0 Å². The van der Waals surface area contributed by atoms with E-state index in [0.29, 0.717) is 6.54 Å². The molecule has 4 heteroatoms. The van der Waals surface area contributed by atoms with E-state index in [1.54, 1.807) is 0 Å². The Morgan fingerprint density at radius 3 is 2.56 bits per heavy atom. The fraction of sp³-hybridized carbons (Fsp3) is 0.0714. The predicted octanol–water partition coefficient (Wildman–Crippen LogP) is 2.53. The highest BCUT2D eigenvalue weighted by Gasteiger charge is 2.05. The third kappa shape index (κ3) is 1.94. The zero-order chi connectivity index (χ0) is 12.4. The minimum absolute atomic E-state index is 0.563. The molecule has 0 saturated heterocycles. The van der Waals surface area contributed by atoms with Gasteiger partial charge in [-0.3, -0.25) is 0 Å². The molecule has 2 heterocycles. The van der Waals surface area contributed by atoms with Crippen molar-refractivity contribution in [1.29, 1.82) is 0 Å². The Morgan fingerprint density at radius 2 is 1.89 bits per heavy atom. The lowest BCUT2D eigenvalue weighted by Crippen LogP contribution is -1.95. The molecule has 0 aliphatic heterocycles. The molecule has 90 valence electrons. The van der Waals surface area contributed by atoms with Gasteiger partial charge in [-0.05, 0) is 11.6 Å². The van der Waals surface area contributed by atoms with Gasteiger partial charge in [0.2, 0.25) is 0 Å². The molecule has 0 spiro atoms. The topological polar surface area (TPSA) is 70.5 Å². The SMILES string of the molecule is NCc1ccc(-c2ncc(-c3cc[nH]c3)[nH]2)cc1. The van der Waals surface area contributed by atoms with Crippen LogP contribution in [0.2, 0.25) is 0 Å². The highest BCUT2D eigenvalue weighted by molar-refractivity contribution is 5.63. The van der Waals surface area contributed by atoms with Gasteiger partial charge in [0.15, 0.2) is 0 Å². The normalized spacial score (nSPS) is 10.7. The van der Waals surface area contributed by atoms with E-state index in [4.69, 9.17) is 5.73 Å². The van der Waals surface area contributed by atoms with Gasteiger partial charge >= 0.3 is 0 Å². The molecule has 0 aliphatic carbocycles.